The van der Waals surface area contributed by atoms with Crippen molar-refractivity contribution in [3.63, 3.8) is 0 Å². The summed E-state index contributed by atoms with van der Waals surface area (Å²) in [6, 6.07) is 9.07. The Morgan fingerprint density at radius 3 is 2.55 bits per heavy atom. The zero-order valence-electron chi connectivity index (χ0n) is 13.2. The molecule has 0 saturated heterocycles. The summed E-state index contributed by atoms with van der Waals surface area (Å²) in [7, 11) is 0. The van der Waals surface area contributed by atoms with Gasteiger partial charge in [-0.25, -0.2) is 4.98 Å². The normalized spacial score (nSPS) is 13.0. The molecule has 1 atom stereocenters. The third-order valence-corrected chi connectivity index (χ3v) is 4.72. The van der Waals surface area contributed by atoms with E-state index in [-0.39, 0.29) is 5.41 Å². The van der Waals surface area contributed by atoms with Crippen molar-refractivity contribution < 1.29 is 9.90 Å². The minimum atomic E-state index is -0.829. The molecule has 0 aliphatic heterocycles. The standard InChI is InChI=1S/C17H22N2O2S/c1-17(2,3)16-19-11-13(22-16)10-18-14(15(20)21)9-12-7-5-4-6-8-12/h4-8,11,14,18H,9-10H2,1-3H3,(H,20,21)/t14-/m0/s1. The Morgan fingerprint density at radius 2 is 2.00 bits per heavy atom. The van der Waals surface area contributed by atoms with Gasteiger partial charge in [-0.15, -0.1) is 11.3 Å². The SMILES string of the molecule is CC(C)(C)c1ncc(CN[C@@H](Cc2ccccc2)C(=O)O)s1. The first-order chi connectivity index (χ1) is 10.4. The van der Waals surface area contributed by atoms with Gasteiger partial charge in [-0.1, -0.05) is 51.1 Å². The summed E-state index contributed by atoms with van der Waals surface area (Å²) >= 11 is 1.63. The van der Waals surface area contributed by atoms with Crippen LogP contribution in [-0.2, 0) is 23.2 Å². The van der Waals surface area contributed by atoms with Gasteiger partial charge in [0.05, 0.1) is 5.01 Å². The number of hydrogen-bond donors (Lipinski definition) is 2. The zero-order chi connectivity index (χ0) is 16.2. The van der Waals surface area contributed by atoms with Crippen LogP contribution in [0.2, 0.25) is 0 Å². The molecule has 2 aromatic rings. The van der Waals surface area contributed by atoms with Crippen molar-refractivity contribution >= 4 is 17.3 Å². The Hall–Kier alpha value is -1.72. The summed E-state index contributed by atoms with van der Waals surface area (Å²) in [5, 5.41) is 13.6. The third kappa shape index (κ3) is 4.64. The second kappa shape index (κ2) is 7.03. The maximum atomic E-state index is 11.4. The van der Waals surface area contributed by atoms with E-state index >= 15 is 0 Å². The van der Waals surface area contributed by atoms with Crippen LogP contribution in [-0.4, -0.2) is 22.1 Å². The number of hydrogen-bond acceptors (Lipinski definition) is 4. The number of carbonyl (C=O) groups is 1. The largest absolute Gasteiger partial charge is 0.480 e. The van der Waals surface area contributed by atoms with E-state index in [2.05, 4.69) is 31.1 Å². The molecule has 4 nitrogen and oxygen atoms in total. The Balaban J connectivity index is 1.97. The monoisotopic (exact) mass is 318 g/mol. The molecule has 0 unspecified atom stereocenters. The summed E-state index contributed by atoms with van der Waals surface area (Å²) in [5.41, 5.74) is 1.04. The molecule has 0 bridgehead atoms. The van der Waals surface area contributed by atoms with Crippen LogP contribution < -0.4 is 5.32 Å². The first kappa shape index (κ1) is 16.6. The molecule has 2 rings (SSSR count). The van der Waals surface area contributed by atoms with Gasteiger partial charge in [0.25, 0.3) is 0 Å². The fourth-order valence-electron chi connectivity index (χ4n) is 2.06. The van der Waals surface area contributed by atoms with Crippen molar-refractivity contribution in [2.45, 2.75) is 45.2 Å². The van der Waals surface area contributed by atoms with Crippen LogP contribution in [0.5, 0.6) is 0 Å². The number of aliphatic carboxylic acids is 1. The molecular formula is C17H22N2O2S. The Labute approximate surface area is 135 Å². The maximum Gasteiger partial charge on any atom is 0.321 e. The molecule has 0 aliphatic rings. The Kier molecular flexibility index (Phi) is 5.32. The molecule has 1 heterocycles. The minimum Gasteiger partial charge on any atom is -0.480 e. The van der Waals surface area contributed by atoms with Crippen LogP contribution in [0.4, 0.5) is 0 Å². The number of carboxylic acid groups (broad SMARTS) is 1. The van der Waals surface area contributed by atoms with Crippen molar-refractivity contribution in [2.75, 3.05) is 0 Å². The van der Waals surface area contributed by atoms with Gasteiger partial charge >= 0.3 is 5.97 Å². The Bertz CT molecular complexity index is 617. The molecule has 118 valence electrons. The molecule has 0 radical (unpaired) electrons. The highest BCUT2D eigenvalue weighted by Crippen LogP contribution is 2.26. The van der Waals surface area contributed by atoms with Crippen molar-refractivity contribution in [1.82, 2.24) is 10.3 Å². The van der Waals surface area contributed by atoms with Crippen LogP contribution in [0, 0.1) is 0 Å². The first-order valence-electron chi connectivity index (χ1n) is 7.31. The predicted molar refractivity (Wildman–Crippen MR) is 89.2 cm³/mol. The lowest BCUT2D eigenvalue weighted by Gasteiger charge is -2.14. The van der Waals surface area contributed by atoms with Gasteiger partial charge in [-0.05, 0) is 12.0 Å². The van der Waals surface area contributed by atoms with Crippen LogP contribution in [0.15, 0.2) is 36.5 Å². The average Bonchev–Trinajstić information content (AvgIpc) is 2.93. The molecule has 0 aliphatic carbocycles. The molecular weight excluding hydrogens is 296 g/mol. The third-order valence-electron chi connectivity index (χ3n) is 3.30. The van der Waals surface area contributed by atoms with Crippen molar-refractivity contribution in [3.8, 4) is 0 Å². The highest BCUT2D eigenvalue weighted by molar-refractivity contribution is 7.11. The maximum absolute atomic E-state index is 11.4. The smallest absolute Gasteiger partial charge is 0.321 e. The van der Waals surface area contributed by atoms with Crippen molar-refractivity contribution in [1.29, 1.82) is 0 Å². The topological polar surface area (TPSA) is 62.2 Å². The number of nitrogens with zero attached hydrogens (tertiary/aromatic N) is 1. The van der Waals surface area contributed by atoms with Gasteiger partial charge in [0.15, 0.2) is 0 Å². The van der Waals surface area contributed by atoms with Crippen LogP contribution in [0.3, 0.4) is 0 Å². The van der Waals surface area contributed by atoms with E-state index in [1.165, 1.54) is 0 Å². The van der Waals surface area contributed by atoms with E-state index in [9.17, 15) is 9.90 Å². The molecule has 0 fully saturated rings. The lowest BCUT2D eigenvalue weighted by Crippen LogP contribution is -2.37. The lowest BCUT2D eigenvalue weighted by atomic mass is 9.98. The summed E-state index contributed by atoms with van der Waals surface area (Å²) in [6.07, 6.45) is 2.31. The highest BCUT2D eigenvalue weighted by atomic mass is 32.1. The molecule has 0 saturated carbocycles. The molecule has 2 N–H and O–H groups in total. The summed E-state index contributed by atoms with van der Waals surface area (Å²) in [6.45, 7) is 6.90. The van der Waals surface area contributed by atoms with Crippen LogP contribution >= 0.6 is 11.3 Å². The molecule has 0 amide bonds. The number of aromatic nitrogens is 1. The summed E-state index contributed by atoms with van der Waals surface area (Å²) < 4.78 is 0. The van der Waals surface area contributed by atoms with Gasteiger partial charge in [-0.2, -0.15) is 0 Å². The van der Waals surface area contributed by atoms with Gasteiger partial charge in [0.2, 0.25) is 0 Å². The number of rotatable bonds is 6. The number of benzene rings is 1. The van der Waals surface area contributed by atoms with E-state index < -0.39 is 12.0 Å². The summed E-state index contributed by atoms with van der Waals surface area (Å²) in [4.78, 5) is 16.9. The fourth-order valence-corrected chi connectivity index (χ4v) is 2.98. The van der Waals surface area contributed by atoms with Crippen molar-refractivity contribution in [3.05, 3.63) is 52.0 Å². The quantitative estimate of drug-likeness (QED) is 0.858. The highest BCUT2D eigenvalue weighted by Gasteiger charge is 2.20. The fraction of sp³-hybridized carbons (Fsp3) is 0.412. The van der Waals surface area contributed by atoms with Gasteiger partial charge < -0.3 is 5.11 Å². The predicted octanol–water partition coefficient (Wildman–Crippen LogP) is 3.23. The van der Waals surface area contributed by atoms with E-state index in [0.717, 1.165) is 15.4 Å². The van der Waals surface area contributed by atoms with Crippen molar-refractivity contribution in [2.24, 2.45) is 0 Å². The van der Waals surface area contributed by atoms with E-state index in [1.807, 2.05) is 36.5 Å². The second-order valence-electron chi connectivity index (χ2n) is 6.34. The molecule has 1 aromatic carbocycles. The summed E-state index contributed by atoms with van der Waals surface area (Å²) in [5.74, 6) is -0.829. The van der Waals surface area contributed by atoms with Gasteiger partial charge in [-0.3, -0.25) is 10.1 Å². The lowest BCUT2D eigenvalue weighted by molar-refractivity contribution is -0.139. The van der Waals surface area contributed by atoms with E-state index in [1.54, 1.807) is 11.3 Å². The van der Waals surface area contributed by atoms with Gasteiger partial charge in [0, 0.05) is 23.0 Å². The van der Waals surface area contributed by atoms with Gasteiger partial charge in [0.1, 0.15) is 6.04 Å². The van der Waals surface area contributed by atoms with E-state index in [4.69, 9.17) is 0 Å². The zero-order valence-corrected chi connectivity index (χ0v) is 14.0. The van der Waals surface area contributed by atoms with Crippen LogP contribution in [0.25, 0.3) is 0 Å². The average molecular weight is 318 g/mol. The minimum absolute atomic E-state index is 0.0269. The first-order valence-corrected chi connectivity index (χ1v) is 8.13. The number of carboxylic acids is 1. The van der Waals surface area contributed by atoms with Crippen LogP contribution in [0.1, 0.15) is 36.2 Å². The number of thiazole rings is 1. The molecule has 0 spiro atoms. The second-order valence-corrected chi connectivity index (χ2v) is 7.46. The molecule has 22 heavy (non-hydrogen) atoms. The molecule has 5 heteroatoms. The molecule has 1 aromatic heterocycles. The van der Waals surface area contributed by atoms with E-state index in [0.29, 0.717) is 13.0 Å². The number of nitrogens with one attached hydrogen (secondary N) is 1. The Morgan fingerprint density at radius 1 is 1.32 bits per heavy atom.